The standard InChI is InChI=1S/C94H135N23O19S/c1-9-11-28-74-87(129)107-67(38-53(3)4)84(126)112-73(82(124)102-48-79(98)121)50-137-51-80(122)104-70(39-55-31-33-59(118)34-32-55)90(132)113(6)54(5)81(123)110-72(44-78(97)120)93(135)116-37-21-30-75(116)88(130)109-69(42-58-47-99-52-103-58)86(128)106-66(27-18-20-36-96)92(134)117-49-60(119)43-77(117)89(131)108-68(40-56-45-100-63-24-15-13-22-61(56)63)85(127)105-65(26-17-19-35-95)83(125)111-71(41-57-46-101-64-25-16-14-23-62(57)64)91(133)115(8)76(29-12-10-2)94(136)114(74)7/h13-16,22-25,31-34,45-47,52-54,60,65-77,100-101,118-119H,9-12,17-21,26-30,35-44,48-51,95-96H2,1-8H3,(H2,97,120)(H2,98,121)(H,99,103)(H,102,124)(H,104,122)(H,105,127)(H,106,128)(H,107,129)(H,108,131)(H,109,130)(H,110,123)(H,111,125)(H,112,126)/t54-,60+,65-,66-,67-,68-,69-,70-,71-,72-,73-,74-,75-,76-,77-/m0/s1. The maximum absolute atomic E-state index is 16.0. The van der Waals surface area contributed by atoms with Gasteiger partial charge >= 0.3 is 0 Å². The van der Waals surface area contributed by atoms with Gasteiger partial charge in [0.05, 0.1) is 36.8 Å². The van der Waals surface area contributed by atoms with Crippen LogP contribution in [0.15, 0.2) is 97.7 Å². The van der Waals surface area contributed by atoms with E-state index < -0.39 is 222 Å². The molecule has 0 unspecified atom stereocenters. The fourth-order valence-corrected chi connectivity index (χ4v) is 18.2. The summed E-state index contributed by atoms with van der Waals surface area (Å²) < 4.78 is 0. The van der Waals surface area contributed by atoms with Crippen molar-refractivity contribution >= 4 is 134 Å². The van der Waals surface area contributed by atoms with Crippen molar-refractivity contribution < 1.29 is 91.7 Å². The van der Waals surface area contributed by atoms with E-state index in [1.807, 2.05) is 32.0 Å². The molecule has 17 amide bonds. The fourth-order valence-electron chi connectivity index (χ4n) is 17.3. The number of unbranched alkanes of at least 4 members (excludes halogenated alkanes) is 4. The third-order valence-corrected chi connectivity index (χ3v) is 26.1. The van der Waals surface area contributed by atoms with Crippen molar-refractivity contribution in [2.75, 3.05) is 65.4 Å². The van der Waals surface area contributed by atoms with Crippen LogP contribution >= 0.6 is 11.8 Å². The number of amides is 17. The van der Waals surface area contributed by atoms with Crippen molar-refractivity contribution in [3.8, 4) is 5.75 Å². The van der Waals surface area contributed by atoms with Gasteiger partial charge in [-0.3, -0.25) is 81.5 Å². The molecule has 746 valence electrons. The van der Waals surface area contributed by atoms with Gasteiger partial charge in [0.2, 0.25) is 100 Å². The molecule has 3 fully saturated rings. The first-order valence-electron chi connectivity index (χ1n) is 46.9. The number of aromatic nitrogens is 4. The Kier molecular flexibility index (Phi) is 41.1. The van der Waals surface area contributed by atoms with Gasteiger partial charge < -0.3 is 126 Å². The minimum Gasteiger partial charge on any atom is -0.508 e. The van der Waals surface area contributed by atoms with Gasteiger partial charge in [0.15, 0.2) is 0 Å². The predicted molar refractivity (Wildman–Crippen MR) is 509 cm³/mol. The summed E-state index contributed by atoms with van der Waals surface area (Å²) in [6, 6.07) is -0.853. The van der Waals surface area contributed by atoms with E-state index in [0.717, 1.165) is 26.5 Å². The lowest BCUT2D eigenvalue weighted by Gasteiger charge is -2.36. The SMILES string of the molecule is CCCC[C@H]1C(=O)N(C)[C@@H](CCCC)C(=O)N[C@@H](CC(C)C)C(=O)N[C@H](C(=O)NCC(N)=O)CSCC(=O)N[C@@H](Cc2ccc(O)cc2)C(=O)N(C)[C@@H](C)C(=O)N[C@@H](CC(N)=O)C(=O)N2CCC[C@H]2C(=O)N[C@@H](Cc2c[nH]cn2)C(=O)N[C@@H](CCCCN)C(=O)N2C[C@H](O)C[C@H]2C(=O)N[C@@H](Cc2c[nH]c3ccccc23)C(=O)N[C@@H](CCCCN)C(=O)N[C@@H](Cc2c[nH]c3ccccc23)C(=O)N1C. The number of phenolic OH excluding ortho intramolecular Hbond substituents is 1. The second-order valence-corrected chi connectivity index (χ2v) is 36.9. The molecule has 0 saturated carbocycles. The van der Waals surface area contributed by atoms with Crippen LogP contribution in [0.5, 0.6) is 5.75 Å². The number of hydrogen-bond acceptors (Lipinski definition) is 23. The van der Waals surface area contributed by atoms with E-state index in [1.165, 1.54) is 74.7 Å². The number of fused-ring (bicyclic) bond motifs is 4. The van der Waals surface area contributed by atoms with Crippen molar-refractivity contribution in [3.63, 3.8) is 0 Å². The van der Waals surface area contributed by atoms with E-state index >= 15 is 38.4 Å². The van der Waals surface area contributed by atoms with Crippen molar-refractivity contribution in [1.29, 1.82) is 0 Å². The number of primary amides is 2. The van der Waals surface area contributed by atoms with E-state index in [9.17, 15) is 53.4 Å². The molecule has 43 heteroatoms. The Morgan fingerprint density at radius 3 is 1.63 bits per heavy atom. The quantitative estimate of drug-likeness (QED) is 0.0252. The molecule has 15 atom stereocenters. The molecule has 0 aliphatic carbocycles. The summed E-state index contributed by atoms with van der Waals surface area (Å²) in [5.74, 6) is -16.5. The normalized spacial score (nSPS) is 24.6. The summed E-state index contributed by atoms with van der Waals surface area (Å²) >= 11 is 0.803. The lowest BCUT2D eigenvalue weighted by molar-refractivity contribution is -0.149. The number of H-pyrrole nitrogens is 3. The van der Waals surface area contributed by atoms with Crippen molar-refractivity contribution in [2.45, 2.75) is 260 Å². The molecule has 42 nitrogen and oxygen atoms in total. The zero-order valence-corrected chi connectivity index (χ0v) is 79.8. The number of nitrogens with zero attached hydrogens (tertiary/aromatic N) is 6. The fraction of sp³-hybridized carbons (Fsp3) is 0.553. The van der Waals surface area contributed by atoms with Crippen LogP contribution in [0.2, 0.25) is 0 Å². The molecule has 6 heterocycles. The predicted octanol–water partition coefficient (Wildman–Crippen LogP) is -0.926. The molecule has 6 aromatic rings. The molecule has 3 saturated heterocycles. The molecule has 3 aromatic carbocycles. The van der Waals surface area contributed by atoms with Gasteiger partial charge in [-0.15, -0.1) is 11.8 Å². The average Bonchev–Trinajstić information content (AvgIpc) is 1.75. The number of aliphatic hydroxyl groups is 1. The van der Waals surface area contributed by atoms with Crippen LogP contribution in [0.25, 0.3) is 21.8 Å². The summed E-state index contributed by atoms with van der Waals surface area (Å²) in [4.78, 5) is 271. The van der Waals surface area contributed by atoms with E-state index in [1.54, 1.807) is 56.6 Å². The zero-order valence-electron chi connectivity index (χ0n) is 79.0. The summed E-state index contributed by atoms with van der Waals surface area (Å²) in [6.45, 7) is 7.66. The molecule has 23 N–H and O–H groups in total. The van der Waals surface area contributed by atoms with Crippen LogP contribution in [0, 0.1) is 5.92 Å². The van der Waals surface area contributed by atoms with Gasteiger partial charge in [0.1, 0.15) is 90.3 Å². The number of rotatable bonds is 29. The summed E-state index contributed by atoms with van der Waals surface area (Å²) in [5.41, 5.74) is 26.4. The monoisotopic (exact) mass is 1920 g/mol. The number of aliphatic hydroxyl groups excluding tert-OH is 1. The Morgan fingerprint density at radius 1 is 0.518 bits per heavy atom. The maximum Gasteiger partial charge on any atom is 0.246 e. The van der Waals surface area contributed by atoms with Crippen molar-refractivity contribution in [3.05, 3.63) is 120 Å². The Bertz CT molecular complexity index is 5190. The van der Waals surface area contributed by atoms with E-state index in [-0.39, 0.29) is 127 Å². The molecule has 3 aliphatic rings. The molecule has 137 heavy (non-hydrogen) atoms. The summed E-state index contributed by atoms with van der Waals surface area (Å²) in [7, 11) is 4.05. The number of likely N-dealkylation sites (N-methyl/N-ethyl adjacent to an activating group) is 3. The Labute approximate surface area is 799 Å². The highest BCUT2D eigenvalue weighted by Crippen LogP contribution is 2.28. The number of hydrogen-bond donors (Lipinski definition) is 19. The molecule has 9 rings (SSSR count). The first kappa shape index (κ1) is 108. The van der Waals surface area contributed by atoms with Crippen LogP contribution in [0.4, 0.5) is 0 Å². The molecule has 3 aromatic heterocycles. The number of para-hydroxylation sites is 2. The maximum atomic E-state index is 16.0. The number of nitrogens with one attached hydrogen (secondary N) is 13. The summed E-state index contributed by atoms with van der Waals surface area (Å²) in [5, 5.41) is 50.5. The largest absolute Gasteiger partial charge is 0.508 e. The number of carbonyl (C=O) groups is 17. The number of thioether (sulfide) groups is 1. The Hall–Kier alpha value is -13.0. The third-order valence-electron chi connectivity index (χ3n) is 25.0. The molecular weight excluding hydrogens is 1790 g/mol. The van der Waals surface area contributed by atoms with E-state index in [4.69, 9.17) is 22.9 Å². The highest BCUT2D eigenvalue weighted by molar-refractivity contribution is 8.00. The number of nitrogens with two attached hydrogens (primary N) is 4. The van der Waals surface area contributed by atoms with Gasteiger partial charge in [-0.2, -0.15) is 0 Å². The van der Waals surface area contributed by atoms with Gasteiger partial charge in [0, 0.05) is 112 Å². The van der Waals surface area contributed by atoms with Gasteiger partial charge in [0.25, 0.3) is 0 Å². The molecule has 0 bridgehead atoms. The summed E-state index contributed by atoms with van der Waals surface area (Å²) in [6.07, 6.45) is 5.60. The number of carbonyl (C=O) groups excluding carboxylic acids is 17. The molecule has 0 spiro atoms. The van der Waals surface area contributed by atoms with Crippen molar-refractivity contribution in [1.82, 2.24) is 97.6 Å². The van der Waals surface area contributed by atoms with Crippen LogP contribution in [0.3, 0.4) is 0 Å². The van der Waals surface area contributed by atoms with Gasteiger partial charge in [-0.05, 0) is 138 Å². The second-order valence-electron chi connectivity index (χ2n) is 35.9. The minimum absolute atomic E-state index is 0.0128. The lowest BCUT2D eigenvalue weighted by atomic mass is 9.99. The first-order chi connectivity index (χ1) is 65.4. The van der Waals surface area contributed by atoms with Crippen LogP contribution in [-0.4, -0.2) is 311 Å². The van der Waals surface area contributed by atoms with Crippen molar-refractivity contribution in [2.24, 2.45) is 28.9 Å². The minimum atomic E-state index is -1.77. The van der Waals surface area contributed by atoms with Crippen LogP contribution in [-0.2, 0) is 107 Å². The first-order valence-corrected chi connectivity index (χ1v) is 48.1. The second kappa shape index (κ2) is 52.3. The Morgan fingerprint density at radius 2 is 1.04 bits per heavy atom. The van der Waals surface area contributed by atoms with Crippen LogP contribution in [0.1, 0.15) is 166 Å². The third kappa shape index (κ3) is 30.5. The van der Waals surface area contributed by atoms with E-state index in [0.29, 0.717) is 77.0 Å². The lowest BCUT2D eigenvalue weighted by Crippen LogP contribution is -2.61. The van der Waals surface area contributed by atoms with E-state index in [2.05, 4.69) is 73.1 Å². The molecular formula is C94H135N23O19S. The molecule has 3 aliphatic heterocycles. The zero-order chi connectivity index (χ0) is 99.9. The number of imidazole rings is 1. The highest BCUT2D eigenvalue weighted by atomic mass is 32.2. The smallest absolute Gasteiger partial charge is 0.246 e. The number of aromatic amines is 3. The Balaban J connectivity index is 1.11. The average molecular weight is 1920 g/mol. The number of aromatic hydroxyl groups is 1. The highest BCUT2D eigenvalue weighted by Gasteiger charge is 2.47. The molecule has 0 radical (unpaired) electrons. The van der Waals surface area contributed by atoms with Gasteiger partial charge in [-0.1, -0.05) is 102 Å². The number of phenols is 1. The topological polar surface area (TPSA) is 631 Å². The van der Waals surface area contributed by atoms with Gasteiger partial charge in [-0.25, -0.2) is 4.98 Å². The number of benzene rings is 3. The van der Waals surface area contributed by atoms with Crippen LogP contribution < -0.4 is 76.1 Å².